The molecule has 0 radical (unpaired) electrons. The number of halogens is 1. The lowest BCUT2D eigenvalue weighted by atomic mass is 10.1. The van der Waals surface area contributed by atoms with Gasteiger partial charge in [0.2, 0.25) is 0 Å². The number of hydrogen-bond donors (Lipinski definition) is 1. The Bertz CT molecular complexity index is 429. The van der Waals surface area contributed by atoms with Crippen molar-refractivity contribution in [2.75, 3.05) is 20.6 Å². The number of benzene rings is 1. The van der Waals surface area contributed by atoms with Gasteiger partial charge in [0, 0.05) is 0 Å². The second kappa shape index (κ2) is 6.96. The zero-order valence-corrected chi connectivity index (χ0v) is 11.6. The average molecular weight is 280 g/mol. The maximum absolute atomic E-state index is 10.8. The molecule has 1 rings (SSSR count). The molecule has 0 aliphatic carbocycles. The van der Waals surface area contributed by atoms with Gasteiger partial charge in [0.15, 0.2) is 0 Å². The van der Waals surface area contributed by atoms with Crippen LogP contribution in [-0.4, -0.2) is 38.5 Å². The van der Waals surface area contributed by atoms with E-state index in [1.807, 2.05) is 14.1 Å². The van der Waals surface area contributed by atoms with Gasteiger partial charge >= 0.3 is 0 Å². The van der Waals surface area contributed by atoms with Crippen LogP contribution in [0.25, 0.3) is 0 Å². The molecular formula is C11H18ClNO3S. The Morgan fingerprint density at radius 1 is 1.18 bits per heavy atom. The fraction of sp³-hybridized carbons (Fsp3) is 0.455. The molecular weight excluding hydrogens is 262 g/mol. The maximum atomic E-state index is 10.8. The van der Waals surface area contributed by atoms with Crippen LogP contribution in [0.3, 0.4) is 0 Å². The minimum atomic E-state index is -4.06. The summed E-state index contributed by atoms with van der Waals surface area (Å²) >= 11 is 0. The van der Waals surface area contributed by atoms with Gasteiger partial charge in [-0.15, -0.1) is 12.4 Å². The molecule has 4 nitrogen and oxygen atoms in total. The molecule has 0 amide bonds. The Morgan fingerprint density at radius 2 is 1.71 bits per heavy atom. The molecule has 1 aromatic carbocycles. The summed E-state index contributed by atoms with van der Waals surface area (Å²) in [6.45, 7) is 1.00. The smallest absolute Gasteiger partial charge is 0.294 e. The summed E-state index contributed by atoms with van der Waals surface area (Å²) in [7, 11) is -0.0311. The van der Waals surface area contributed by atoms with Crippen LogP contribution in [-0.2, 0) is 16.5 Å². The lowest BCUT2D eigenvalue weighted by Crippen LogP contribution is -2.13. The molecule has 17 heavy (non-hydrogen) atoms. The van der Waals surface area contributed by atoms with Crippen molar-refractivity contribution >= 4 is 22.5 Å². The largest absolute Gasteiger partial charge is 0.309 e. The standard InChI is InChI=1S/C11H17NO3S.ClH/c1-12(2)9-3-4-10-5-7-11(8-6-10)16(13,14)15;/h5-8H,3-4,9H2,1-2H3,(H,13,14,15);1H. The van der Waals surface area contributed by atoms with Gasteiger partial charge in [-0.05, 0) is 51.2 Å². The monoisotopic (exact) mass is 279 g/mol. The van der Waals surface area contributed by atoms with Crippen molar-refractivity contribution in [3.63, 3.8) is 0 Å². The third-order valence-electron chi connectivity index (χ3n) is 2.29. The highest BCUT2D eigenvalue weighted by molar-refractivity contribution is 7.85. The third-order valence-corrected chi connectivity index (χ3v) is 3.16. The maximum Gasteiger partial charge on any atom is 0.294 e. The van der Waals surface area contributed by atoms with E-state index < -0.39 is 10.1 Å². The van der Waals surface area contributed by atoms with Crippen molar-refractivity contribution in [2.45, 2.75) is 17.7 Å². The summed E-state index contributed by atoms with van der Waals surface area (Å²) in [6.07, 6.45) is 1.93. The van der Waals surface area contributed by atoms with Crippen LogP contribution in [0.2, 0.25) is 0 Å². The highest BCUT2D eigenvalue weighted by Gasteiger charge is 2.08. The fourth-order valence-corrected chi connectivity index (χ4v) is 1.91. The van der Waals surface area contributed by atoms with E-state index in [4.69, 9.17) is 4.55 Å². The zero-order chi connectivity index (χ0) is 12.2. The second-order valence-electron chi connectivity index (χ2n) is 4.03. The van der Waals surface area contributed by atoms with E-state index in [-0.39, 0.29) is 17.3 Å². The van der Waals surface area contributed by atoms with Gasteiger partial charge < -0.3 is 4.90 Å². The minimum absolute atomic E-state index is 0. The number of rotatable bonds is 5. The van der Waals surface area contributed by atoms with Gasteiger partial charge in [-0.1, -0.05) is 12.1 Å². The molecule has 0 unspecified atom stereocenters. The zero-order valence-electron chi connectivity index (χ0n) is 9.96. The fourth-order valence-electron chi connectivity index (χ4n) is 1.43. The Labute approximate surface area is 109 Å². The quantitative estimate of drug-likeness (QED) is 0.836. The van der Waals surface area contributed by atoms with Crippen LogP contribution in [0.1, 0.15) is 12.0 Å². The highest BCUT2D eigenvalue weighted by atomic mass is 35.5. The van der Waals surface area contributed by atoms with E-state index in [0.29, 0.717) is 0 Å². The summed E-state index contributed by atoms with van der Waals surface area (Å²) in [5, 5.41) is 0. The van der Waals surface area contributed by atoms with Gasteiger partial charge in [-0.3, -0.25) is 4.55 Å². The van der Waals surface area contributed by atoms with E-state index >= 15 is 0 Å². The first-order valence-electron chi connectivity index (χ1n) is 5.11. The van der Waals surface area contributed by atoms with E-state index in [1.54, 1.807) is 12.1 Å². The summed E-state index contributed by atoms with van der Waals surface area (Å²) in [6, 6.07) is 6.33. The Hall–Kier alpha value is -0.620. The summed E-state index contributed by atoms with van der Waals surface area (Å²) in [5.41, 5.74) is 1.08. The average Bonchev–Trinajstić information content (AvgIpc) is 2.16. The minimum Gasteiger partial charge on any atom is -0.309 e. The SMILES string of the molecule is CN(C)CCCc1ccc(S(=O)(=O)O)cc1.Cl. The number of hydrogen-bond acceptors (Lipinski definition) is 3. The summed E-state index contributed by atoms with van der Waals surface area (Å²) in [4.78, 5) is 2.05. The molecule has 0 aliphatic heterocycles. The molecule has 0 aromatic heterocycles. The first-order valence-corrected chi connectivity index (χ1v) is 6.55. The van der Waals surface area contributed by atoms with Crippen LogP contribution in [0.15, 0.2) is 29.2 Å². The molecule has 0 spiro atoms. The number of nitrogens with zero attached hydrogens (tertiary/aromatic N) is 1. The lowest BCUT2D eigenvalue weighted by Gasteiger charge is -2.08. The topological polar surface area (TPSA) is 57.6 Å². The van der Waals surface area contributed by atoms with E-state index in [0.717, 1.165) is 24.9 Å². The lowest BCUT2D eigenvalue weighted by molar-refractivity contribution is 0.400. The van der Waals surface area contributed by atoms with Gasteiger partial charge in [0.05, 0.1) is 4.90 Å². The van der Waals surface area contributed by atoms with Crippen molar-refractivity contribution < 1.29 is 13.0 Å². The van der Waals surface area contributed by atoms with Crippen LogP contribution < -0.4 is 0 Å². The van der Waals surface area contributed by atoms with E-state index in [9.17, 15) is 8.42 Å². The van der Waals surface area contributed by atoms with Crippen LogP contribution in [0, 0.1) is 0 Å². The molecule has 98 valence electrons. The first-order chi connectivity index (χ1) is 7.39. The molecule has 0 saturated carbocycles. The van der Waals surface area contributed by atoms with Crippen molar-refractivity contribution in [2.24, 2.45) is 0 Å². The van der Waals surface area contributed by atoms with Gasteiger partial charge in [-0.2, -0.15) is 8.42 Å². The third kappa shape index (κ3) is 6.02. The molecule has 6 heteroatoms. The van der Waals surface area contributed by atoms with Crippen molar-refractivity contribution in [3.05, 3.63) is 29.8 Å². The van der Waals surface area contributed by atoms with Crippen LogP contribution >= 0.6 is 12.4 Å². The van der Waals surface area contributed by atoms with Gasteiger partial charge in [0.1, 0.15) is 0 Å². The number of aryl methyl sites for hydroxylation is 1. The molecule has 0 heterocycles. The summed E-state index contributed by atoms with van der Waals surface area (Å²) < 4.78 is 30.4. The van der Waals surface area contributed by atoms with Crippen LogP contribution in [0.5, 0.6) is 0 Å². The predicted octanol–water partition coefficient (Wildman–Crippen LogP) is 1.85. The molecule has 1 aromatic rings. The molecule has 0 fully saturated rings. The van der Waals surface area contributed by atoms with Crippen molar-refractivity contribution in [3.8, 4) is 0 Å². The Balaban J connectivity index is 0.00000256. The summed E-state index contributed by atoms with van der Waals surface area (Å²) in [5.74, 6) is 0. The molecule has 0 aliphatic rings. The van der Waals surface area contributed by atoms with Crippen molar-refractivity contribution in [1.29, 1.82) is 0 Å². The first kappa shape index (κ1) is 16.4. The van der Waals surface area contributed by atoms with E-state index in [1.165, 1.54) is 12.1 Å². The van der Waals surface area contributed by atoms with Gasteiger partial charge in [-0.25, -0.2) is 0 Å². The molecule has 0 bridgehead atoms. The predicted molar refractivity (Wildman–Crippen MR) is 70.4 cm³/mol. The molecule has 0 atom stereocenters. The van der Waals surface area contributed by atoms with E-state index in [2.05, 4.69) is 4.90 Å². The highest BCUT2D eigenvalue weighted by Crippen LogP contribution is 2.11. The van der Waals surface area contributed by atoms with Crippen molar-refractivity contribution in [1.82, 2.24) is 4.90 Å². The van der Waals surface area contributed by atoms with Gasteiger partial charge in [0.25, 0.3) is 10.1 Å². The Morgan fingerprint density at radius 3 is 2.12 bits per heavy atom. The molecule has 1 N–H and O–H groups in total. The second-order valence-corrected chi connectivity index (χ2v) is 5.45. The Kier molecular flexibility index (Phi) is 6.70. The molecule has 0 saturated heterocycles. The normalized spacial score (nSPS) is 11.3. The van der Waals surface area contributed by atoms with Crippen LogP contribution in [0.4, 0.5) is 0 Å².